The van der Waals surface area contributed by atoms with Crippen molar-refractivity contribution in [3.05, 3.63) is 0 Å². The fraction of sp³-hybridized carbons (Fsp3) is 0.771. The first kappa shape index (κ1) is 41.4. The first-order valence-electron chi connectivity index (χ1n) is 18.8. The lowest BCUT2D eigenvalue weighted by atomic mass is 10.0. The summed E-state index contributed by atoms with van der Waals surface area (Å²) in [6, 6.07) is -7.96. The zero-order chi connectivity index (χ0) is 39.3. The third kappa shape index (κ3) is 9.26. The Kier molecular flexibility index (Phi) is 13.8. The van der Waals surface area contributed by atoms with E-state index in [1.165, 1.54) is 40.4 Å². The largest absolute Gasteiger partial charge is 0.480 e. The summed E-state index contributed by atoms with van der Waals surface area (Å²) in [5.74, 6) is -5.08. The van der Waals surface area contributed by atoms with Crippen molar-refractivity contribution in [1.29, 1.82) is 0 Å². The second-order valence-corrected chi connectivity index (χ2v) is 15.1. The number of carbonyl (C=O) groups excluding carboxylic acids is 7. The summed E-state index contributed by atoms with van der Waals surface area (Å²) in [6.45, 7) is 8.84. The Morgan fingerprint density at radius 3 is 1.49 bits per heavy atom. The molecule has 0 bridgehead atoms. The Morgan fingerprint density at radius 2 is 1.00 bits per heavy atom. The number of carboxylic acids is 1. The van der Waals surface area contributed by atoms with Gasteiger partial charge in [-0.3, -0.25) is 38.4 Å². The maximum Gasteiger partial charge on any atom is 0.325 e. The van der Waals surface area contributed by atoms with Crippen LogP contribution in [0.1, 0.15) is 86.0 Å². The highest BCUT2D eigenvalue weighted by Gasteiger charge is 2.47. The number of amides is 7. The minimum atomic E-state index is -1.44. The molecule has 0 saturated carbocycles. The van der Waals surface area contributed by atoms with Crippen molar-refractivity contribution in [2.45, 2.75) is 140 Å². The molecule has 4 aliphatic heterocycles. The molecule has 4 aliphatic rings. The fourth-order valence-corrected chi connectivity index (χ4v) is 7.68. The maximum atomic E-state index is 14.0. The van der Waals surface area contributed by atoms with Crippen LogP contribution in [0.2, 0.25) is 0 Å². The van der Waals surface area contributed by atoms with E-state index in [4.69, 9.17) is 5.73 Å². The smallest absolute Gasteiger partial charge is 0.325 e. The summed E-state index contributed by atoms with van der Waals surface area (Å²) < 4.78 is 0. The lowest BCUT2D eigenvalue weighted by Gasteiger charge is -2.35. The average Bonchev–Trinajstić information content (AvgIpc) is 3.94. The standard InChI is InChI=1S/C35H56N8O10/c1-18(2)26(36)34(51)41-15-7-11-23(41)29(46)39-27(21(5)44)30(47)37-19(3)31(48)42-16-8-12-24(42)33(50)43-17-9-13-25(43)32(49)40-14-6-10-22(40)28(45)38-20(4)35(52)53/h18-27,44H,6-17,36H2,1-5H3,(H,37,47)(H,38,45)(H,39,46)(H,52,53)/t19-,20-,21+,22-,23-,24-,25-,26-,27-/m0/s1. The van der Waals surface area contributed by atoms with Crippen LogP contribution in [0.4, 0.5) is 0 Å². The number of aliphatic carboxylic acids is 1. The molecule has 0 unspecified atom stereocenters. The van der Waals surface area contributed by atoms with Crippen molar-refractivity contribution in [2.24, 2.45) is 11.7 Å². The van der Waals surface area contributed by atoms with E-state index in [1.54, 1.807) is 13.8 Å². The van der Waals surface area contributed by atoms with Gasteiger partial charge in [-0.2, -0.15) is 0 Å². The van der Waals surface area contributed by atoms with E-state index in [1.807, 2.05) is 0 Å². The van der Waals surface area contributed by atoms with Crippen LogP contribution in [0.15, 0.2) is 0 Å². The number of nitrogens with zero attached hydrogens (tertiary/aromatic N) is 4. The molecule has 0 aromatic heterocycles. The Labute approximate surface area is 309 Å². The number of hydrogen-bond donors (Lipinski definition) is 6. The Morgan fingerprint density at radius 1 is 0.585 bits per heavy atom. The summed E-state index contributed by atoms with van der Waals surface area (Å²) in [7, 11) is 0. The van der Waals surface area contributed by atoms with Crippen LogP contribution in [0.5, 0.6) is 0 Å². The molecule has 7 amide bonds. The fourth-order valence-electron chi connectivity index (χ4n) is 7.68. The van der Waals surface area contributed by atoms with Gasteiger partial charge in [-0.25, -0.2) is 0 Å². The van der Waals surface area contributed by atoms with E-state index in [0.717, 1.165) is 0 Å². The van der Waals surface area contributed by atoms with Crippen molar-refractivity contribution in [3.63, 3.8) is 0 Å². The van der Waals surface area contributed by atoms with Crippen LogP contribution in [-0.2, 0) is 38.4 Å². The molecule has 4 fully saturated rings. The van der Waals surface area contributed by atoms with Gasteiger partial charge in [0.25, 0.3) is 0 Å². The minimum absolute atomic E-state index is 0.147. The number of aliphatic hydroxyl groups is 1. The third-order valence-electron chi connectivity index (χ3n) is 10.8. The monoisotopic (exact) mass is 748 g/mol. The molecular formula is C35H56N8O10. The number of carbonyl (C=O) groups is 8. The van der Waals surface area contributed by atoms with Crippen molar-refractivity contribution in [1.82, 2.24) is 35.6 Å². The molecule has 0 aliphatic carbocycles. The van der Waals surface area contributed by atoms with Gasteiger partial charge in [0.2, 0.25) is 41.4 Å². The van der Waals surface area contributed by atoms with E-state index < -0.39 is 95.9 Å². The lowest BCUT2D eigenvalue weighted by molar-refractivity contribution is -0.151. The van der Waals surface area contributed by atoms with Gasteiger partial charge < -0.3 is 51.5 Å². The minimum Gasteiger partial charge on any atom is -0.480 e. The number of carboxylic acid groups (broad SMARTS) is 1. The molecular weight excluding hydrogens is 692 g/mol. The van der Waals surface area contributed by atoms with Crippen LogP contribution in [0, 0.1) is 5.92 Å². The molecule has 296 valence electrons. The highest BCUT2D eigenvalue weighted by Crippen LogP contribution is 2.29. The second kappa shape index (κ2) is 17.7. The lowest BCUT2D eigenvalue weighted by Crippen LogP contribution is -2.61. The molecule has 53 heavy (non-hydrogen) atoms. The number of hydrogen-bond acceptors (Lipinski definition) is 10. The topological polar surface area (TPSA) is 252 Å². The molecule has 0 radical (unpaired) electrons. The van der Waals surface area contributed by atoms with Crippen LogP contribution in [0.3, 0.4) is 0 Å². The molecule has 0 spiro atoms. The van der Waals surface area contributed by atoms with Gasteiger partial charge in [0.1, 0.15) is 42.3 Å². The molecule has 18 heteroatoms. The van der Waals surface area contributed by atoms with E-state index in [0.29, 0.717) is 64.5 Å². The summed E-state index contributed by atoms with van der Waals surface area (Å²) in [5, 5.41) is 27.2. The van der Waals surface area contributed by atoms with Crippen molar-refractivity contribution >= 4 is 47.3 Å². The summed E-state index contributed by atoms with van der Waals surface area (Å²) in [4.78, 5) is 111. The number of nitrogens with two attached hydrogens (primary N) is 1. The van der Waals surface area contributed by atoms with E-state index in [-0.39, 0.29) is 24.9 Å². The van der Waals surface area contributed by atoms with E-state index >= 15 is 0 Å². The quantitative estimate of drug-likeness (QED) is 0.119. The average molecular weight is 749 g/mol. The normalized spacial score (nSPS) is 25.8. The highest BCUT2D eigenvalue weighted by atomic mass is 16.4. The van der Waals surface area contributed by atoms with Crippen LogP contribution in [0.25, 0.3) is 0 Å². The number of rotatable bonds is 13. The number of aliphatic hydroxyl groups excluding tert-OH is 1. The van der Waals surface area contributed by atoms with Gasteiger partial charge in [-0.15, -0.1) is 0 Å². The Bertz CT molecular complexity index is 1440. The zero-order valence-electron chi connectivity index (χ0n) is 31.3. The molecule has 0 aromatic rings. The van der Waals surface area contributed by atoms with Crippen LogP contribution >= 0.6 is 0 Å². The van der Waals surface area contributed by atoms with Gasteiger partial charge in [-0.1, -0.05) is 13.8 Å². The molecule has 4 rings (SSSR count). The van der Waals surface area contributed by atoms with Gasteiger partial charge in [0, 0.05) is 26.2 Å². The Hall–Kier alpha value is -4.32. The van der Waals surface area contributed by atoms with Gasteiger partial charge >= 0.3 is 5.97 Å². The molecule has 4 saturated heterocycles. The summed E-state index contributed by atoms with van der Waals surface area (Å²) in [5.41, 5.74) is 6.05. The van der Waals surface area contributed by atoms with Crippen LogP contribution in [-0.4, -0.2) is 158 Å². The number of nitrogens with one attached hydrogen (secondary N) is 3. The van der Waals surface area contributed by atoms with E-state index in [9.17, 15) is 48.6 Å². The second-order valence-electron chi connectivity index (χ2n) is 15.1. The molecule has 18 nitrogen and oxygen atoms in total. The van der Waals surface area contributed by atoms with Gasteiger partial charge in [0.15, 0.2) is 0 Å². The van der Waals surface area contributed by atoms with Gasteiger partial charge in [0.05, 0.1) is 12.1 Å². The van der Waals surface area contributed by atoms with Crippen molar-refractivity contribution in [3.8, 4) is 0 Å². The van der Waals surface area contributed by atoms with Crippen molar-refractivity contribution in [2.75, 3.05) is 26.2 Å². The molecule has 7 N–H and O–H groups in total. The molecule has 9 atom stereocenters. The maximum absolute atomic E-state index is 14.0. The first-order chi connectivity index (χ1) is 25.0. The Balaban J connectivity index is 1.38. The predicted molar refractivity (Wildman–Crippen MR) is 188 cm³/mol. The summed E-state index contributed by atoms with van der Waals surface area (Å²) >= 11 is 0. The predicted octanol–water partition coefficient (Wildman–Crippen LogP) is -2.11. The summed E-state index contributed by atoms with van der Waals surface area (Å²) in [6.07, 6.45) is 2.25. The third-order valence-corrected chi connectivity index (χ3v) is 10.8. The first-order valence-corrected chi connectivity index (χ1v) is 18.8. The zero-order valence-corrected chi connectivity index (χ0v) is 31.3. The van der Waals surface area contributed by atoms with E-state index in [2.05, 4.69) is 16.0 Å². The van der Waals surface area contributed by atoms with Crippen LogP contribution < -0.4 is 21.7 Å². The molecule has 0 aromatic carbocycles. The molecule has 4 heterocycles. The van der Waals surface area contributed by atoms with Crippen molar-refractivity contribution < 1.29 is 48.6 Å². The number of likely N-dealkylation sites (tertiary alicyclic amines) is 4. The highest BCUT2D eigenvalue weighted by molar-refractivity contribution is 5.98. The SMILES string of the molecule is CC(C)[C@H](N)C(=O)N1CCC[C@H]1C(=O)N[C@H](C(=O)N[C@@H](C)C(=O)N1CCC[C@H]1C(=O)N1CCC[C@H]1C(=O)N1CCC[C@H]1C(=O)N[C@@H](C)C(=O)O)[C@@H](C)O. The van der Waals surface area contributed by atoms with Gasteiger partial charge in [-0.05, 0) is 78.1 Å².